The maximum absolute atomic E-state index is 15.0. The number of anilines is 2. The number of nitrogens with one attached hydrogen (secondary N) is 1. The van der Waals surface area contributed by atoms with Crippen LogP contribution in [0, 0.1) is 12.7 Å². The molecular formula is C34H44Cl2F2N8O3. The lowest BCUT2D eigenvalue weighted by Gasteiger charge is -2.31. The van der Waals surface area contributed by atoms with Crippen LogP contribution >= 0.6 is 23.2 Å². The number of benzene rings is 1. The number of ether oxygens (including phenoxy) is 2. The van der Waals surface area contributed by atoms with Gasteiger partial charge in [-0.05, 0) is 50.8 Å². The average Bonchev–Trinajstić information content (AvgIpc) is 3.76. The van der Waals surface area contributed by atoms with Crippen LogP contribution in [0.25, 0.3) is 0 Å². The zero-order chi connectivity index (χ0) is 35.4. The summed E-state index contributed by atoms with van der Waals surface area (Å²) in [6.07, 6.45) is 4.63. The van der Waals surface area contributed by atoms with Crippen LogP contribution in [0.5, 0.6) is 6.01 Å². The first-order valence-corrected chi connectivity index (χ1v) is 17.4. The molecule has 2 saturated heterocycles. The van der Waals surface area contributed by atoms with E-state index in [1.54, 1.807) is 7.05 Å². The Morgan fingerprint density at radius 1 is 1.16 bits per heavy atom. The van der Waals surface area contributed by atoms with Crippen molar-refractivity contribution >= 4 is 40.6 Å². The molecule has 2 aromatic heterocycles. The number of aromatic nitrogens is 4. The lowest BCUT2D eigenvalue weighted by molar-refractivity contribution is 0.0237. The Morgan fingerprint density at radius 3 is 2.63 bits per heavy atom. The van der Waals surface area contributed by atoms with Crippen LogP contribution in [0.2, 0.25) is 10.0 Å². The van der Waals surface area contributed by atoms with E-state index in [0.717, 1.165) is 48.1 Å². The predicted octanol–water partition coefficient (Wildman–Crippen LogP) is 6.34. The van der Waals surface area contributed by atoms with Gasteiger partial charge >= 0.3 is 6.01 Å². The van der Waals surface area contributed by atoms with Crippen LogP contribution < -0.4 is 20.7 Å². The Hall–Kier alpha value is -3.52. The zero-order valence-electron chi connectivity index (χ0n) is 28.6. The summed E-state index contributed by atoms with van der Waals surface area (Å²) in [5, 5.41) is 7.39. The predicted molar refractivity (Wildman–Crippen MR) is 186 cm³/mol. The van der Waals surface area contributed by atoms with Crippen molar-refractivity contribution < 1.29 is 23.0 Å². The number of fused-ring (bicyclic) bond motifs is 3. The Morgan fingerprint density at radius 2 is 1.94 bits per heavy atom. The fraction of sp³-hybridized carbons (Fsp3) is 0.529. The van der Waals surface area contributed by atoms with Crippen LogP contribution in [-0.2, 0) is 30.9 Å². The molecule has 7 rings (SSSR count). The van der Waals surface area contributed by atoms with Crippen molar-refractivity contribution in [3.05, 3.63) is 67.6 Å². The fourth-order valence-electron chi connectivity index (χ4n) is 6.89. The van der Waals surface area contributed by atoms with Crippen LogP contribution in [0.15, 0.2) is 18.0 Å². The highest BCUT2D eigenvalue weighted by Crippen LogP contribution is 2.42. The molecular weight excluding hydrogens is 677 g/mol. The normalized spacial score (nSPS) is 20.7. The van der Waals surface area contributed by atoms with Crippen molar-refractivity contribution in [1.82, 2.24) is 30.0 Å². The van der Waals surface area contributed by atoms with Crippen molar-refractivity contribution in [3.8, 4) is 6.01 Å². The number of hydrogen-bond acceptors (Lipinski definition) is 9. The highest BCUT2D eigenvalue weighted by Gasteiger charge is 2.34. The molecule has 6 heterocycles. The van der Waals surface area contributed by atoms with Gasteiger partial charge in [0.25, 0.3) is 5.91 Å². The minimum absolute atomic E-state index is 0.0613. The standard InChI is InChI=1S/C24H26Cl2FN7O3.C8H12FN.C2H6/c1-11-16-9-33(5-4-6-34(16)32-21(11)23(35)29-2)22-12-10-37-17(8-15(12)30-24(31-22)36-3)18-19(26)13(25)7-14(28)20(18)27;9-5-7-4-8-2-1-3-10(8)6-7;1-2/h7,17H,4-6,8-10,28H2,1-3H3,(H,29,35);5,8H,1-4,6H2;1-2H3/b;7-5-;. The third-order valence-corrected chi connectivity index (χ3v) is 10.1. The lowest BCUT2D eigenvalue weighted by atomic mass is 9.98. The van der Waals surface area contributed by atoms with E-state index in [1.165, 1.54) is 32.6 Å². The van der Waals surface area contributed by atoms with Crippen LogP contribution in [0.3, 0.4) is 0 Å². The average molecular weight is 722 g/mol. The van der Waals surface area contributed by atoms with E-state index >= 15 is 0 Å². The van der Waals surface area contributed by atoms with Crippen LogP contribution in [-0.4, -0.2) is 70.4 Å². The van der Waals surface area contributed by atoms with Gasteiger partial charge in [0, 0.05) is 55.8 Å². The molecule has 49 heavy (non-hydrogen) atoms. The number of nitrogens with zero attached hydrogens (tertiary/aromatic N) is 6. The third kappa shape index (κ3) is 7.50. The summed E-state index contributed by atoms with van der Waals surface area (Å²) in [6, 6.07) is 2.15. The second-order valence-corrected chi connectivity index (χ2v) is 13.0. The summed E-state index contributed by atoms with van der Waals surface area (Å²) in [6.45, 7) is 9.94. The number of amides is 1. The van der Waals surface area contributed by atoms with Crippen molar-refractivity contribution in [2.24, 2.45) is 0 Å². The number of aryl methyl sites for hydroxylation is 1. The van der Waals surface area contributed by atoms with E-state index in [0.29, 0.717) is 42.9 Å². The third-order valence-electron chi connectivity index (χ3n) is 9.34. The Labute approximate surface area is 295 Å². The first kappa shape index (κ1) is 36.8. The van der Waals surface area contributed by atoms with E-state index in [4.69, 9.17) is 38.4 Å². The van der Waals surface area contributed by atoms with E-state index in [2.05, 4.69) is 30.2 Å². The second kappa shape index (κ2) is 16.0. The molecule has 0 radical (unpaired) electrons. The number of carbonyl (C=O) groups is 1. The minimum Gasteiger partial charge on any atom is -0.467 e. The first-order chi connectivity index (χ1) is 23.6. The van der Waals surface area contributed by atoms with Gasteiger partial charge in [-0.3, -0.25) is 14.4 Å². The van der Waals surface area contributed by atoms with E-state index < -0.39 is 11.9 Å². The SMILES string of the molecule is CC.CNC(=O)c1nn2c(c1C)CN(c1nc(OC)nc3c1COC(c1c(F)c(N)cc(Cl)c1Cl)C3)CCC2.F/C=C1/CC2CCCN2C1. The monoisotopic (exact) mass is 720 g/mol. The molecule has 11 nitrogen and oxygen atoms in total. The molecule has 0 spiro atoms. The second-order valence-electron chi connectivity index (χ2n) is 12.2. The zero-order valence-corrected chi connectivity index (χ0v) is 30.1. The van der Waals surface area contributed by atoms with Gasteiger partial charge in [0.1, 0.15) is 5.82 Å². The molecule has 2 unspecified atom stereocenters. The molecule has 1 amide bonds. The van der Waals surface area contributed by atoms with Gasteiger partial charge in [0.2, 0.25) is 0 Å². The summed E-state index contributed by atoms with van der Waals surface area (Å²) in [5.74, 6) is -0.224. The van der Waals surface area contributed by atoms with Crippen LogP contribution in [0.4, 0.5) is 20.3 Å². The fourth-order valence-corrected chi connectivity index (χ4v) is 7.37. The summed E-state index contributed by atoms with van der Waals surface area (Å²) in [7, 11) is 3.08. The van der Waals surface area contributed by atoms with Gasteiger partial charge in [0.05, 0.1) is 59.8 Å². The molecule has 2 fully saturated rings. The van der Waals surface area contributed by atoms with Gasteiger partial charge in [-0.2, -0.15) is 15.1 Å². The number of methoxy groups -OCH3 is 1. The highest BCUT2D eigenvalue weighted by molar-refractivity contribution is 6.42. The molecule has 0 aliphatic carbocycles. The Kier molecular flexibility index (Phi) is 12.0. The summed E-state index contributed by atoms with van der Waals surface area (Å²) >= 11 is 12.5. The molecule has 3 aromatic rings. The quantitative estimate of drug-likeness (QED) is 0.235. The summed E-state index contributed by atoms with van der Waals surface area (Å²) in [4.78, 5) is 26.0. The summed E-state index contributed by atoms with van der Waals surface area (Å²) in [5.41, 5.74) is 10.4. The van der Waals surface area contributed by atoms with Gasteiger partial charge < -0.3 is 25.4 Å². The minimum atomic E-state index is -0.739. The number of carbonyl (C=O) groups excluding carboxylic acids is 1. The van der Waals surface area contributed by atoms with Crippen molar-refractivity contribution in [2.75, 3.05) is 44.4 Å². The number of halogens is 4. The largest absolute Gasteiger partial charge is 0.467 e. The Bertz CT molecular complexity index is 1680. The smallest absolute Gasteiger partial charge is 0.318 e. The number of nitrogen functional groups attached to an aromatic ring is 1. The molecule has 266 valence electrons. The molecule has 4 aliphatic heterocycles. The lowest BCUT2D eigenvalue weighted by Crippen LogP contribution is -2.29. The maximum Gasteiger partial charge on any atom is 0.318 e. The van der Waals surface area contributed by atoms with E-state index in [-0.39, 0.29) is 46.2 Å². The maximum atomic E-state index is 15.0. The van der Waals surface area contributed by atoms with E-state index in [9.17, 15) is 13.6 Å². The molecule has 2 atom stereocenters. The number of rotatable bonds is 4. The highest BCUT2D eigenvalue weighted by atomic mass is 35.5. The first-order valence-electron chi connectivity index (χ1n) is 16.7. The number of nitrogens with two attached hydrogens (primary N) is 1. The van der Waals surface area contributed by atoms with Gasteiger partial charge in [0.15, 0.2) is 11.5 Å². The molecule has 15 heteroatoms. The van der Waals surface area contributed by atoms with Gasteiger partial charge in [-0.1, -0.05) is 37.0 Å². The number of hydrogen-bond donors (Lipinski definition) is 2. The van der Waals surface area contributed by atoms with Gasteiger partial charge in [-0.25, -0.2) is 8.78 Å². The van der Waals surface area contributed by atoms with Crippen LogP contribution in [0.1, 0.15) is 84.2 Å². The molecule has 3 N–H and O–H groups in total. The molecule has 0 saturated carbocycles. The molecule has 1 aromatic carbocycles. The molecule has 0 bridgehead atoms. The van der Waals surface area contributed by atoms with Crippen molar-refractivity contribution in [1.29, 1.82) is 0 Å². The van der Waals surface area contributed by atoms with Gasteiger partial charge in [-0.15, -0.1) is 0 Å². The Balaban J connectivity index is 0.000000329. The van der Waals surface area contributed by atoms with E-state index in [1.807, 2.05) is 25.5 Å². The van der Waals surface area contributed by atoms with Crippen molar-refractivity contribution in [3.63, 3.8) is 0 Å². The molecule has 4 aliphatic rings. The summed E-state index contributed by atoms with van der Waals surface area (Å²) < 4.78 is 40.4. The van der Waals surface area contributed by atoms with Crippen molar-refractivity contribution in [2.45, 2.75) is 84.7 Å². The topological polar surface area (TPSA) is 124 Å².